The molecular weight excluding hydrogens is 510 g/mol. The lowest BCUT2D eigenvalue weighted by Gasteiger charge is -2.24. The van der Waals surface area contributed by atoms with Gasteiger partial charge in [0, 0.05) is 37.2 Å². The number of rotatable bonds is 7. The second kappa shape index (κ2) is 11.1. The first-order valence-electron chi connectivity index (χ1n) is 13.7. The summed E-state index contributed by atoms with van der Waals surface area (Å²) < 4.78 is 9.15. The number of hydrogen-bond donors (Lipinski definition) is 2. The van der Waals surface area contributed by atoms with Crippen LogP contribution in [0.1, 0.15) is 54.8 Å². The fourth-order valence-electron chi connectivity index (χ4n) is 5.49. The molecule has 6 heterocycles. The third-order valence-electron chi connectivity index (χ3n) is 7.79. The van der Waals surface area contributed by atoms with Gasteiger partial charge in [0.2, 0.25) is 5.91 Å². The van der Waals surface area contributed by atoms with E-state index < -0.39 is 5.91 Å². The van der Waals surface area contributed by atoms with Gasteiger partial charge in [-0.2, -0.15) is 5.10 Å². The lowest BCUT2D eigenvalue weighted by atomic mass is 10.1. The van der Waals surface area contributed by atoms with Gasteiger partial charge in [0.25, 0.3) is 5.91 Å². The molecule has 2 aliphatic rings. The third-order valence-corrected chi connectivity index (χ3v) is 7.79. The van der Waals surface area contributed by atoms with Gasteiger partial charge in [0.15, 0.2) is 5.69 Å². The molecule has 0 aromatic carbocycles. The van der Waals surface area contributed by atoms with Crippen molar-refractivity contribution in [3.63, 3.8) is 0 Å². The highest BCUT2D eigenvalue weighted by Crippen LogP contribution is 2.28. The molecule has 0 radical (unpaired) electrons. The van der Waals surface area contributed by atoms with Gasteiger partial charge in [-0.15, -0.1) is 5.10 Å². The van der Waals surface area contributed by atoms with Crippen molar-refractivity contribution in [2.45, 2.75) is 51.6 Å². The zero-order chi connectivity index (χ0) is 27.6. The molecule has 2 saturated heterocycles. The van der Waals surface area contributed by atoms with E-state index in [1.165, 1.54) is 0 Å². The van der Waals surface area contributed by atoms with Crippen LogP contribution in [-0.4, -0.2) is 78.7 Å². The van der Waals surface area contributed by atoms with E-state index in [4.69, 9.17) is 4.74 Å². The van der Waals surface area contributed by atoms with Gasteiger partial charge in [0.1, 0.15) is 0 Å². The second-order valence-corrected chi connectivity index (χ2v) is 10.5. The fourth-order valence-corrected chi connectivity index (χ4v) is 5.49. The zero-order valence-corrected chi connectivity index (χ0v) is 22.7. The maximum atomic E-state index is 13.2. The summed E-state index contributed by atoms with van der Waals surface area (Å²) >= 11 is 0. The van der Waals surface area contributed by atoms with Crippen molar-refractivity contribution < 1.29 is 14.3 Å². The molecule has 0 saturated carbocycles. The monoisotopic (exact) mass is 543 g/mol. The normalized spacial score (nSPS) is 18.3. The van der Waals surface area contributed by atoms with Crippen LogP contribution in [0.3, 0.4) is 0 Å². The van der Waals surface area contributed by atoms with Crippen molar-refractivity contribution in [2.24, 2.45) is 0 Å². The number of aryl methyl sites for hydroxylation is 1. The van der Waals surface area contributed by atoms with Crippen LogP contribution in [0.5, 0.6) is 0 Å². The molecule has 2 amide bonds. The van der Waals surface area contributed by atoms with E-state index in [-0.39, 0.29) is 17.6 Å². The number of pyridine rings is 2. The average Bonchev–Trinajstić information content (AvgIpc) is 3.71. The highest BCUT2D eigenvalue weighted by Gasteiger charge is 2.23. The Hall–Kier alpha value is -4.16. The van der Waals surface area contributed by atoms with E-state index in [0.717, 1.165) is 56.7 Å². The van der Waals surface area contributed by atoms with Gasteiger partial charge in [0.05, 0.1) is 47.1 Å². The molecule has 0 bridgehead atoms. The standard InChI is InChI=1S/C28H33N9O3/c1-18-4-3-11-35(18)17-26(38)31-21-14-23(19(2)29-15-21)32-28(39)27-25-6-5-20(16-36(25)34-33-27)24-7-10-30-37(24)22-8-12-40-13-9-22/h5-7,10,14-16,18,22H,3-4,8-9,11-13,17H2,1-2H3,(H,31,38)(H,32,39)/t18-/m0/s1. The van der Waals surface area contributed by atoms with Crippen molar-refractivity contribution in [3.8, 4) is 11.3 Å². The minimum Gasteiger partial charge on any atom is -0.381 e. The van der Waals surface area contributed by atoms with E-state index in [1.807, 2.05) is 29.1 Å². The first kappa shape index (κ1) is 26.1. The number of aromatic nitrogens is 6. The van der Waals surface area contributed by atoms with Gasteiger partial charge in [-0.05, 0) is 70.3 Å². The molecule has 0 unspecified atom stereocenters. The van der Waals surface area contributed by atoms with Crippen molar-refractivity contribution in [3.05, 3.63) is 54.2 Å². The smallest absolute Gasteiger partial charge is 0.278 e. The Labute approximate surface area is 231 Å². The van der Waals surface area contributed by atoms with Crippen LogP contribution in [0.4, 0.5) is 11.4 Å². The highest BCUT2D eigenvalue weighted by molar-refractivity contribution is 6.08. The number of nitrogens with one attached hydrogen (secondary N) is 2. The number of fused-ring (bicyclic) bond motifs is 1. The maximum Gasteiger partial charge on any atom is 0.278 e. The van der Waals surface area contributed by atoms with Crippen LogP contribution in [0, 0.1) is 6.92 Å². The Morgan fingerprint density at radius 1 is 1.12 bits per heavy atom. The van der Waals surface area contributed by atoms with Crippen molar-refractivity contribution in [2.75, 3.05) is 36.9 Å². The predicted octanol–water partition coefficient (Wildman–Crippen LogP) is 3.32. The summed E-state index contributed by atoms with van der Waals surface area (Å²) in [7, 11) is 0. The minimum atomic E-state index is -0.408. The molecule has 2 aliphatic heterocycles. The summed E-state index contributed by atoms with van der Waals surface area (Å²) in [5.41, 5.74) is 4.33. The molecule has 0 aliphatic carbocycles. The number of carbonyl (C=O) groups is 2. The van der Waals surface area contributed by atoms with Crippen LogP contribution in [-0.2, 0) is 9.53 Å². The molecule has 4 aromatic heterocycles. The molecule has 1 atom stereocenters. The van der Waals surface area contributed by atoms with Gasteiger partial charge in [-0.3, -0.25) is 24.2 Å². The average molecular weight is 544 g/mol. The summed E-state index contributed by atoms with van der Waals surface area (Å²) in [5, 5.41) is 18.7. The predicted molar refractivity (Wildman–Crippen MR) is 149 cm³/mol. The van der Waals surface area contributed by atoms with E-state index in [1.54, 1.807) is 29.9 Å². The van der Waals surface area contributed by atoms with Crippen LogP contribution >= 0.6 is 0 Å². The molecule has 12 nitrogen and oxygen atoms in total. The molecule has 0 spiro atoms. The molecule has 6 rings (SSSR count). The summed E-state index contributed by atoms with van der Waals surface area (Å²) in [6.07, 6.45) is 9.30. The van der Waals surface area contributed by atoms with Crippen molar-refractivity contribution >= 4 is 28.7 Å². The zero-order valence-electron chi connectivity index (χ0n) is 22.7. The number of carbonyl (C=O) groups excluding carboxylic acids is 2. The van der Waals surface area contributed by atoms with Gasteiger partial charge < -0.3 is 15.4 Å². The number of ether oxygens (including phenoxy) is 1. The van der Waals surface area contributed by atoms with E-state index in [9.17, 15) is 9.59 Å². The highest BCUT2D eigenvalue weighted by atomic mass is 16.5. The Bertz CT molecular complexity index is 1540. The molecule has 2 N–H and O–H groups in total. The Morgan fingerprint density at radius 2 is 1.98 bits per heavy atom. The van der Waals surface area contributed by atoms with Crippen LogP contribution in [0.25, 0.3) is 16.8 Å². The fraction of sp³-hybridized carbons (Fsp3) is 0.429. The summed E-state index contributed by atoms with van der Waals surface area (Å²) in [5.74, 6) is -0.510. The summed E-state index contributed by atoms with van der Waals surface area (Å²) in [6.45, 7) is 6.65. The van der Waals surface area contributed by atoms with Crippen molar-refractivity contribution in [1.29, 1.82) is 0 Å². The Kier molecular flexibility index (Phi) is 7.27. The largest absolute Gasteiger partial charge is 0.381 e. The lowest BCUT2D eigenvalue weighted by molar-refractivity contribution is -0.117. The SMILES string of the molecule is Cc1ncc(NC(=O)CN2CCC[C@@H]2C)cc1NC(=O)c1nnn2cc(-c3ccnn3C3CCOCC3)ccc12. The number of likely N-dealkylation sites (tertiary alicyclic amines) is 1. The third kappa shape index (κ3) is 5.32. The first-order valence-corrected chi connectivity index (χ1v) is 13.7. The number of hydrogen-bond acceptors (Lipinski definition) is 8. The molecule has 40 heavy (non-hydrogen) atoms. The van der Waals surface area contributed by atoms with Gasteiger partial charge >= 0.3 is 0 Å². The topological polar surface area (TPSA) is 132 Å². The minimum absolute atomic E-state index is 0.102. The lowest BCUT2D eigenvalue weighted by Crippen LogP contribution is -2.35. The van der Waals surface area contributed by atoms with E-state index >= 15 is 0 Å². The van der Waals surface area contributed by atoms with E-state index in [2.05, 4.69) is 42.9 Å². The first-order chi connectivity index (χ1) is 19.5. The van der Waals surface area contributed by atoms with Crippen LogP contribution < -0.4 is 10.6 Å². The van der Waals surface area contributed by atoms with E-state index in [0.29, 0.717) is 35.2 Å². The molecule has 4 aromatic rings. The van der Waals surface area contributed by atoms with Crippen molar-refractivity contribution in [1.82, 2.24) is 34.5 Å². The molecule has 208 valence electrons. The Balaban J connectivity index is 1.17. The quantitative estimate of drug-likeness (QED) is 0.363. The summed E-state index contributed by atoms with van der Waals surface area (Å²) in [4.78, 5) is 32.4. The maximum absolute atomic E-state index is 13.2. The summed E-state index contributed by atoms with van der Waals surface area (Å²) in [6, 6.07) is 8.17. The molecule has 2 fully saturated rings. The molecular formula is C28H33N9O3. The number of amides is 2. The van der Waals surface area contributed by atoms with Gasteiger partial charge in [-0.25, -0.2) is 4.52 Å². The van der Waals surface area contributed by atoms with Crippen LogP contribution in [0.15, 0.2) is 42.9 Å². The number of nitrogens with zero attached hydrogens (tertiary/aromatic N) is 7. The van der Waals surface area contributed by atoms with Crippen LogP contribution in [0.2, 0.25) is 0 Å². The second-order valence-electron chi connectivity index (χ2n) is 10.5. The van der Waals surface area contributed by atoms with Gasteiger partial charge in [-0.1, -0.05) is 5.21 Å². The number of anilines is 2. The molecule has 12 heteroatoms. The Morgan fingerprint density at radius 3 is 2.77 bits per heavy atom.